The fourth-order valence-electron chi connectivity index (χ4n) is 3.97. The van der Waals surface area contributed by atoms with Crippen LogP contribution in [0.4, 0.5) is 4.39 Å². The molecule has 1 fully saturated rings. The smallest absolute Gasteiger partial charge is 0.214 e. The summed E-state index contributed by atoms with van der Waals surface area (Å²) in [6.45, 7) is 7.47. The SMILES string of the molecule is CC(C)(C)Cc1cn(CCNS(=O)(=O)C2CC2)c2ccc(-c3cccc(F)c3Cl)cc12. The number of aromatic nitrogens is 1. The fraction of sp³-hybridized carbons (Fsp3) is 0.417. The van der Waals surface area contributed by atoms with Crippen LogP contribution in [0.15, 0.2) is 42.6 Å². The van der Waals surface area contributed by atoms with E-state index in [-0.39, 0.29) is 15.7 Å². The van der Waals surface area contributed by atoms with Crippen LogP contribution in [0.1, 0.15) is 39.2 Å². The third kappa shape index (κ3) is 4.97. The van der Waals surface area contributed by atoms with Crippen LogP contribution in [0.3, 0.4) is 0 Å². The van der Waals surface area contributed by atoms with Gasteiger partial charge in [0.15, 0.2) is 0 Å². The molecule has 0 spiro atoms. The second kappa shape index (κ2) is 8.23. The van der Waals surface area contributed by atoms with Crippen molar-refractivity contribution < 1.29 is 12.8 Å². The summed E-state index contributed by atoms with van der Waals surface area (Å²) < 4.78 is 43.1. The summed E-state index contributed by atoms with van der Waals surface area (Å²) in [6, 6.07) is 10.8. The lowest BCUT2D eigenvalue weighted by Gasteiger charge is -2.17. The molecule has 0 unspecified atom stereocenters. The largest absolute Gasteiger partial charge is 0.346 e. The van der Waals surface area contributed by atoms with Crippen molar-refractivity contribution in [2.24, 2.45) is 5.41 Å². The van der Waals surface area contributed by atoms with Gasteiger partial charge in [-0.1, -0.05) is 50.6 Å². The summed E-state index contributed by atoms with van der Waals surface area (Å²) in [5, 5.41) is 0.981. The van der Waals surface area contributed by atoms with Crippen LogP contribution in [-0.4, -0.2) is 24.8 Å². The van der Waals surface area contributed by atoms with E-state index in [0.29, 0.717) is 18.7 Å². The summed E-state index contributed by atoms with van der Waals surface area (Å²) in [4.78, 5) is 0. The van der Waals surface area contributed by atoms with Crippen molar-refractivity contribution in [1.82, 2.24) is 9.29 Å². The monoisotopic (exact) mass is 462 g/mol. The molecule has 0 atom stereocenters. The van der Waals surface area contributed by atoms with Gasteiger partial charge in [-0.3, -0.25) is 0 Å². The van der Waals surface area contributed by atoms with Crippen molar-refractivity contribution in [3.63, 3.8) is 0 Å². The predicted octanol–water partition coefficient (Wildman–Crippen LogP) is 5.77. The summed E-state index contributed by atoms with van der Waals surface area (Å²) >= 11 is 6.23. The molecule has 0 radical (unpaired) electrons. The Morgan fingerprint density at radius 2 is 1.94 bits per heavy atom. The second-order valence-electron chi connectivity index (χ2n) is 9.56. The van der Waals surface area contributed by atoms with Crippen LogP contribution >= 0.6 is 11.6 Å². The minimum atomic E-state index is -3.20. The Morgan fingerprint density at radius 1 is 1.19 bits per heavy atom. The van der Waals surface area contributed by atoms with Crippen molar-refractivity contribution in [3.8, 4) is 11.1 Å². The van der Waals surface area contributed by atoms with Gasteiger partial charge in [-0.25, -0.2) is 17.5 Å². The Morgan fingerprint density at radius 3 is 2.61 bits per heavy atom. The number of hydrogen-bond acceptors (Lipinski definition) is 2. The quantitative estimate of drug-likeness (QED) is 0.484. The lowest BCUT2D eigenvalue weighted by molar-refractivity contribution is 0.412. The first-order valence-electron chi connectivity index (χ1n) is 10.6. The maximum atomic E-state index is 14.0. The molecule has 2 aromatic carbocycles. The van der Waals surface area contributed by atoms with Crippen LogP contribution in [-0.2, 0) is 23.0 Å². The van der Waals surface area contributed by atoms with Gasteiger partial charge in [0.1, 0.15) is 5.82 Å². The van der Waals surface area contributed by atoms with E-state index >= 15 is 0 Å². The number of hydrogen-bond donors (Lipinski definition) is 1. The molecular formula is C24H28ClFN2O2S. The average Bonchev–Trinajstić information content (AvgIpc) is 3.49. The first kappa shape index (κ1) is 22.3. The summed E-state index contributed by atoms with van der Waals surface area (Å²) in [5.41, 5.74) is 3.82. The van der Waals surface area contributed by atoms with Crippen LogP contribution in [0.5, 0.6) is 0 Å². The summed E-state index contributed by atoms with van der Waals surface area (Å²) in [7, 11) is -3.20. The zero-order chi connectivity index (χ0) is 22.4. The van der Waals surface area contributed by atoms with Gasteiger partial charge >= 0.3 is 0 Å². The van der Waals surface area contributed by atoms with Crippen molar-refractivity contribution >= 4 is 32.5 Å². The highest BCUT2D eigenvalue weighted by molar-refractivity contribution is 7.90. The molecule has 1 aromatic heterocycles. The molecule has 0 amide bonds. The van der Waals surface area contributed by atoms with Gasteiger partial charge in [-0.2, -0.15) is 0 Å². The molecule has 166 valence electrons. The van der Waals surface area contributed by atoms with Gasteiger partial charge in [0.05, 0.1) is 10.3 Å². The lowest BCUT2D eigenvalue weighted by Crippen LogP contribution is -2.30. The predicted molar refractivity (Wildman–Crippen MR) is 125 cm³/mol. The first-order chi connectivity index (χ1) is 14.5. The van der Waals surface area contributed by atoms with Crippen molar-refractivity contribution in [3.05, 3.63) is 59.0 Å². The topological polar surface area (TPSA) is 51.1 Å². The molecule has 0 saturated heterocycles. The summed E-state index contributed by atoms with van der Waals surface area (Å²) in [5.74, 6) is -0.435. The molecular weight excluding hydrogens is 435 g/mol. The second-order valence-corrected chi connectivity index (χ2v) is 12.0. The van der Waals surface area contributed by atoms with E-state index in [1.807, 2.05) is 18.2 Å². The number of rotatable bonds is 7. The van der Waals surface area contributed by atoms with E-state index in [0.717, 1.165) is 35.7 Å². The minimum absolute atomic E-state index is 0.0825. The molecule has 31 heavy (non-hydrogen) atoms. The Kier molecular flexibility index (Phi) is 5.92. The van der Waals surface area contributed by atoms with Gasteiger partial charge in [0, 0.05) is 35.8 Å². The van der Waals surface area contributed by atoms with E-state index in [1.165, 1.54) is 11.6 Å². The zero-order valence-corrected chi connectivity index (χ0v) is 19.7. The molecule has 0 aliphatic heterocycles. The molecule has 4 rings (SSSR count). The molecule has 1 aliphatic rings. The van der Waals surface area contributed by atoms with Crippen LogP contribution in [0.2, 0.25) is 5.02 Å². The van der Waals surface area contributed by atoms with E-state index in [2.05, 4.69) is 42.3 Å². The zero-order valence-electron chi connectivity index (χ0n) is 18.1. The third-order valence-electron chi connectivity index (χ3n) is 5.57. The molecule has 4 nitrogen and oxygen atoms in total. The van der Waals surface area contributed by atoms with E-state index in [1.54, 1.807) is 6.07 Å². The standard InChI is InChI=1S/C24H28ClFN2O2S/c1-24(2,3)14-17-15-28(12-11-27-31(29,30)18-8-9-18)22-10-7-16(13-20(17)22)19-5-4-6-21(26)23(19)25/h4-7,10,13,15,18,27H,8-9,11-12,14H2,1-3H3. The number of nitrogens with zero attached hydrogens (tertiary/aromatic N) is 1. The maximum absolute atomic E-state index is 14.0. The highest BCUT2D eigenvalue weighted by Gasteiger charge is 2.35. The first-order valence-corrected chi connectivity index (χ1v) is 12.5. The van der Waals surface area contributed by atoms with Gasteiger partial charge in [-0.05, 0) is 54.0 Å². The molecule has 0 bridgehead atoms. The van der Waals surface area contributed by atoms with E-state index < -0.39 is 15.8 Å². The van der Waals surface area contributed by atoms with Crippen LogP contribution < -0.4 is 4.72 Å². The Hall–Kier alpha value is -1.89. The normalized spacial score (nSPS) is 15.0. The number of benzene rings is 2. The van der Waals surface area contributed by atoms with Crippen LogP contribution in [0, 0.1) is 11.2 Å². The minimum Gasteiger partial charge on any atom is -0.346 e. The Bertz CT molecular complexity index is 1220. The highest BCUT2D eigenvalue weighted by Crippen LogP contribution is 2.35. The Balaban J connectivity index is 1.69. The van der Waals surface area contributed by atoms with E-state index in [9.17, 15) is 12.8 Å². The van der Waals surface area contributed by atoms with E-state index in [4.69, 9.17) is 11.6 Å². The summed E-state index contributed by atoms with van der Waals surface area (Å²) in [6.07, 6.45) is 4.48. The molecule has 1 aliphatic carbocycles. The number of halogens is 2. The molecule has 3 aromatic rings. The van der Waals surface area contributed by atoms with Crippen molar-refractivity contribution in [2.45, 2.75) is 51.8 Å². The van der Waals surface area contributed by atoms with Crippen molar-refractivity contribution in [1.29, 1.82) is 0 Å². The molecule has 1 saturated carbocycles. The van der Waals surface area contributed by atoms with Crippen LogP contribution in [0.25, 0.3) is 22.0 Å². The van der Waals surface area contributed by atoms with Gasteiger partial charge in [0.25, 0.3) is 0 Å². The highest BCUT2D eigenvalue weighted by atomic mass is 35.5. The number of sulfonamides is 1. The molecule has 7 heteroatoms. The maximum Gasteiger partial charge on any atom is 0.214 e. The lowest BCUT2D eigenvalue weighted by atomic mass is 9.88. The van der Waals surface area contributed by atoms with Crippen molar-refractivity contribution in [2.75, 3.05) is 6.54 Å². The fourth-order valence-corrected chi connectivity index (χ4v) is 5.57. The molecule has 1 heterocycles. The third-order valence-corrected chi connectivity index (χ3v) is 7.91. The van der Waals surface area contributed by atoms with Gasteiger partial charge < -0.3 is 4.57 Å². The average molecular weight is 463 g/mol. The molecule has 1 N–H and O–H groups in total. The van der Waals surface area contributed by atoms with Gasteiger partial charge in [0.2, 0.25) is 10.0 Å². The van der Waals surface area contributed by atoms with Gasteiger partial charge in [-0.15, -0.1) is 0 Å². The number of nitrogens with one attached hydrogen (secondary N) is 1. The number of fused-ring (bicyclic) bond motifs is 1. The Labute approximate surface area is 188 Å².